The number of nitrogens with zero attached hydrogens (tertiary/aromatic N) is 4. The third-order valence-electron chi connectivity index (χ3n) is 3.94. The lowest BCUT2D eigenvalue weighted by molar-refractivity contribution is -0.116. The quantitative estimate of drug-likeness (QED) is 0.464. The van der Waals surface area contributed by atoms with Crippen molar-refractivity contribution in [2.45, 2.75) is 5.22 Å². The molecule has 0 atom stereocenters. The molecule has 4 rings (SSSR count). The highest BCUT2D eigenvalue weighted by atomic mass is 32.2. The van der Waals surface area contributed by atoms with Crippen LogP contribution in [0.5, 0.6) is 11.5 Å². The Kier molecular flexibility index (Phi) is 5.12. The first-order valence-electron chi connectivity index (χ1n) is 8.33. The van der Waals surface area contributed by atoms with Gasteiger partial charge in [-0.05, 0) is 30.3 Å². The van der Waals surface area contributed by atoms with Gasteiger partial charge in [-0.25, -0.2) is 0 Å². The number of rotatable bonds is 6. The minimum absolute atomic E-state index is 0.0321. The third-order valence-corrected chi connectivity index (χ3v) is 4.75. The van der Waals surface area contributed by atoms with Crippen LogP contribution < -0.4 is 14.4 Å². The summed E-state index contributed by atoms with van der Waals surface area (Å²) in [5, 5.41) is 17.3. The highest BCUT2D eigenvalue weighted by molar-refractivity contribution is 7.99. The molecule has 1 aliphatic rings. The van der Waals surface area contributed by atoms with Crippen LogP contribution in [0.2, 0.25) is 0 Å². The second-order valence-corrected chi connectivity index (χ2v) is 6.63. The SMILES string of the molecule is N#CCN(C(=O)CSc1nnc(-c2ccc3c(c2)OCO3)o1)c1ccccc1. The Morgan fingerprint density at radius 1 is 1.14 bits per heavy atom. The summed E-state index contributed by atoms with van der Waals surface area (Å²) in [7, 11) is 0. The highest BCUT2D eigenvalue weighted by Gasteiger charge is 2.19. The first-order chi connectivity index (χ1) is 13.7. The third kappa shape index (κ3) is 3.77. The molecule has 0 aliphatic carbocycles. The van der Waals surface area contributed by atoms with E-state index in [0.717, 1.165) is 11.8 Å². The second-order valence-electron chi connectivity index (χ2n) is 5.70. The molecule has 1 aliphatic heterocycles. The summed E-state index contributed by atoms with van der Waals surface area (Å²) >= 11 is 1.12. The minimum atomic E-state index is -0.222. The molecule has 0 fully saturated rings. The molecule has 3 aromatic rings. The van der Waals surface area contributed by atoms with E-state index >= 15 is 0 Å². The molecule has 2 heterocycles. The van der Waals surface area contributed by atoms with Crippen LogP contribution in [0.1, 0.15) is 0 Å². The van der Waals surface area contributed by atoms with Crippen LogP contribution in [-0.2, 0) is 4.79 Å². The van der Waals surface area contributed by atoms with Gasteiger partial charge in [-0.2, -0.15) is 5.26 Å². The van der Waals surface area contributed by atoms with Crippen molar-refractivity contribution in [3.8, 4) is 29.0 Å². The van der Waals surface area contributed by atoms with Crippen LogP contribution in [-0.4, -0.2) is 35.2 Å². The number of para-hydroxylation sites is 1. The average Bonchev–Trinajstić information content (AvgIpc) is 3.39. The molecule has 0 saturated carbocycles. The first-order valence-corrected chi connectivity index (χ1v) is 9.32. The lowest BCUT2D eigenvalue weighted by Crippen LogP contribution is -2.32. The van der Waals surface area contributed by atoms with E-state index in [4.69, 9.17) is 19.2 Å². The molecule has 0 unspecified atom stereocenters. The number of aromatic nitrogens is 2. The van der Waals surface area contributed by atoms with Crippen molar-refractivity contribution >= 4 is 23.4 Å². The number of hydrogen-bond acceptors (Lipinski definition) is 8. The maximum Gasteiger partial charge on any atom is 0.277 e. The lowest BCUT2D eigenvalue weighted by Gasteiger charge is -2.18. The zero-order chi connectivity index (χ0) is 19.3. The van der Waals surface area contributed by atoms with E-state index in [1.165, 1.54) is 4.90 Å². The van der Waals surface area contributed by atoms with Gasteiger partial charge < -0.3 is 13.9 Å². The van der Waals surface area contributed by atoms with Crippen molar-refractivity contribution in [1.82, 2.24) is 10.2 Å². The molecule has 8 nitrogen and oxygen atoms in total. The topological polar surface area (TPSA) is 101 Å². The Morgan fingerprint density at radius 3 is 2.79 bits per heavy atom. The summed E-state index contributed by atoms with van der Waals surface area (Å²) < 4.78 is 16.3. The maximum atomic E-state index is 12.5. The number of hydrogen-bond donors (Lipinski definition) is 0. The van der Waals surface area contributed by atoms with Gasteiger partial charge >= 0.3 is 0 Å². The fourth-order valence-electron chi connectivity index (χ4n) is 2.62. The van der Waals surface area contributed by atoms with Crippen LogP contribution in [0.15, 0.2) is 58.2 Å². The van der Waals surface area contributed by atoms with Gasteiger partial charge in [-0.1, -0.05) is 30.0 Å². The van der Waals surface area contributed by atoms with E-state index in [2.05, 4.69) is 10.2 Å². The zero-order valence-electron chi connectivity index (χ0n) is 14.6. The first kappa shape index (κ1) is 17.9. The predicted molar refractivity (Wildman–Crippen MR) is 101 cm³/mol. The van der Waals surface area contributed by atoms with Crippen LogP contribution in [0.3, 0.4) is 0 Å². The summed E-state index contributed by atoms with van der Waals surface area (Å²) in [6.45, 7) is 0.155. The molecule has 1 aromatic heterocycles. The molecule has 2 aromatic carbocycles. The Morgan fingerprint density at radius 2 is 1.96 bits per heavy atom. The van der Waals surface area contributed by atoms with E-state index in [-0.39, 0.29) is 30.2 Å². The number of carbonyl (C=O) groups is 1. The molecule has 0 radical (unpaired) electrons. The molecule has 0 saturated heterocycles. The van der Waals surface area contributed by atoms with Gasteiger partial charge in [0.1, 0.15) is 6.54 Å². The molecular weight excluding hydrogens is 380 g/mol. The fraction of sp³-hybridized carbons (Fsp3) is 0.158. The monoisotopic (exact) mass is 394 g/mol. The summed E-state index contributed by atoms with van der Waals surface area (Å²) in [6.07, 6.45) is 0. The molecule has 0 bridgehead atoms. The molecule has 0 spiro atoms. The predicted octanol–water partition coefficient (Wildman–Crippen LogP) is 3.11. The smallest absolute Gasteiger partial charge is 0.277 e. The highest BCUT2D eigenvalue weighted by Crippen LogP contribution is 2.36. The molecule has 140 valence electrons. The van der Waals surface area contributed by atoms with Crippen LogP contribution in [0.4, 0.5) is 5.69 Å². The molecule has 0 N–H and O–H groups in total. The van der Waals surface area contributed by atoms with Gasteiger partial charge in [-0.3, -0.25) is 9.69 Å². The van der Waals surface area contributed by atoms with Gasteiger partial charge in [0.2, 0.25) is 18.6 Å². The summed E-state index contributed by atoms with van der Waals surface area (Å²) in [5.74, 6) is 1.46. The van der Waals surface area contributed by atoms with E-state index < -0.39 is 0 Å². The average molecular weight is 394 g/mol. The van der Waals surface area contributed by atoms with Crippen molar-refractivity contribution in [1.29, 1.82) is 5.26 Å². The molecule has 1 amide bonds. The second kappa shape index (κ2) is 8.02. The van der Waals surface area contributed by atoms with Crippen LogP contribution >= 0.6 is 11.8 Å². The number of amides is 1. The van der Waals surface area contributed by atoms with Crippen molar-refractivity contribution in [2.75, 3.05) is 24.0 Å². The molecule has 28 heavy (non-hydrogen) atoms. The van der Waals surface area contributed by atoms with Crippen LogP contribution in [0.25, 0.3) is 11.5 Å². The summed E-state index contributed by atoms with van der Waals surface area (Å²) in [4.78, 5) is 14.0. The number of nitriles is 1. The minimum Gasteiger partial charge on any atom is -0.454 e. The molecule has 9 heteroatoms. The fourth-order valence-corrected chi connectivity index (χ4v) is 3.26. The number of ether oxygens (including phenoxy) is 2. The van der Waals surface area contributed by atoms with Crippen molar-refractivity contribution in [3.05, 3.63) is 48.5 Å². The number of thioether (sulfide) groups is 1. The largest absolute Gasteiger partial charge is 0.454 e. The molecular formula is C19H14N4O4S. The van der Waals surface area contributed by atoms with Gasteiger partial charge in [-0.15, -0.1) is 10.2 Å². The normalized spacial score (nSPS) is 11.8. The Bertz CT molecular complexity index is 1030. The number of carbonyl (C=O) groups excluding carboxylic acids is 1. The van der Waals surface area contributed by atoms with E-state index in [9.17, 15) is 4.79 Å². The van der Waals surface area contributed by atoms with E-state index in [0.29, 0.717) is 28.6 Å². The number of anilines is 1. The summed E-state index contributed by atoms with van der Waals surface area (Å²) in [5.41, 5.74) is 1.37. The van der Waals surface area contributed by atoms with Gasteiger partial charge in [0.25, 0.3) is 5.22 Å². The van der Waals surface area contributed by atoms with E-state index in [1.54, 1.807) is 30.3 Å². The van der Waals surface area contributed by atoms with Crippen molar-refractivity contribution in [2.24, 2.45) is 0 Å². The zero-order valence-corrected chi connectivity index (χ0v) is 15.4. The Labute approximate surface area is 164 Å². The van der Waals surface area contributed by atoms with Crippen molar-refractivity contribution < 1.29 is 18.7 Å². The van der Waals surface area contributed by atoms with Crippen molar-refractivity contribution in [3.63, 3.8) is 0 Å². The standard InChI is InChI=1S/C19H14N4O4S/c20-8-9-23(14-4-2-1-3-5-14)17(24)11-28-19-22-21-18(27-19)13-6-7-15-16(10-13)26-12-25-15/h1-7,10H,9,11-12H2. The van der Waals surface area contributed by atoms with Crippen LogP contribution in [0, 0.1) is 11.3 Å². The Hall–Kier alpha value is -3.51. The van der Waals surface area contributed by atoms with Gasteiger partial charge in [0.05, 0.1) is 11.8 Å². The Balaban J connectivity index is 1.43. The maximum absolute atomic E-state index is 12.5. The van der Waals surface area contributed by atoms with Gasteiger partial charge in [0.15, 0.2) is 11.5 Å². The lowest BCUT2D eigenvalue weighted by atomic mass is 10.2. The summed E-state index contributed by atoms with van der Waals surface area (Å²) in [6, 6.07) is 16.4. The number of fused-ring (bicyclic) bond motifs is 1. The van der Waals surface area contributed by atoms with Gasteiger partial charge in [0, 0.05) is 11.3 Å². The number of benzene rings is 2. The van der Waals surface area contributed by atoms with E-state index in [1.807, 2.05) is 24.3 Å².